The van der Waals surface area contributed by atoms with Gasteiger partial charge in [-0.15, -0.1) is 0 Å². The number of alkyl halides is 3. The van der Waals surface area contributed by atoms with Crippen molar-refractivity contribution < 1.29 is 26.4 Å². The Morgan fingerprint density at radius 2 is 1.75 bits per heavy atom. The van der Waals surface area contributed by atoms with Gasteiger partial charge < -0.3 is 5.73 Å². The summed E-state index contributed by atoms with van der Waals surface area (Å²) >= 11 is 0. The number of halogens is 3. The van der Waals surface area contributed by atoms with Crippen molar-refractivity contribution in [1.29, 1.82) is 0 Å². The molecule has 16 heavy (non-hydrogen) atoms. The topological polar surface area (TPSA) is 77.2 Å². The van der Waals surface area contributed by atoms with Crippen LogP contribution in [0.3, 0.4) is 0 Å². The van der Waals surface area contributed by atoms with Crippen LogP contribution in [0, 0.1) is 0 Å². The molecule has 0 saturated carbocycles. The molecule has 0 aliphatic rings. The maximum atomic E-state index is 12.3. The van der Waals surface area contributed by atoms with Gasteiger partial charge in [0.25, 0.3) is 0 Å². The first kappa shape index (κ1) is 15.4. The summed E-state index contributed by atoms with van der Waals surface area (Å²) in [6, 6.07) is 0. The van der Waals surface area contributed by atoms with Crippen LogP contribution in [0.2, 0.25) is 0 Å². The van der Waals surface area contributed by atoms with Crippen molar-refractivity contribution >= 4 is 15.6 Å². The maximum absolute atomic E-state index is 12.3. The lowest BCUT2D eigenvalue weighted by atomic mass is 9.95. The van der Waals surface area contributed by atoms with Gasteiger partial charge in [-0.3, -0.25) is 4.79 Å². The third-order valence-electron chi connectivity index (χ3n) is 2.25. The maximum Gasteiger partial charge on any atom is 0.413 e. The molecule has 1 unspecified atom stereocenters. The van der Waals surface area contributed by atoms with E-state index in [9.17, 15) is 26.4 Å². The zero-order valence-electron chi connectivity index (χ0n) is 8.97. The molecular formula is C8H14F3NO3S. The molecule has 0 aliphatic carbocycles. The Labute approximate surface area is 91.9 Å². The highest BCUT2D eigenvalue weighted by atomic mass is 32.2. The third kappa shape index (κ3) is 3.75. The Morgan fingerprint density at radius 3 is 2.06 bits per heavy atom. The van der Waals surface area contributed by atoms with Crippen LogP contribution in [0.4, 0.5) is 13.2 Å². The third-order valence-corrected chi connectivity index (χ3v) is 3.95. The summed E-state index contributed by atoms with van der Waals surface area (Å²) in [6.45, 7) is 1.89. The van der Waals surface area contributed by atoms with Gasteiger partial charge in [0.15, 0.2) is 11.3 Å². The molecule has 0 rings (SSSR count). The summed E-state index contributed by atoms with van der Waals surface area (Å²) in [5.74, 6) is -2.14. The van der Waals surface area contributed by atoms with E-state index < -0.39 is 39.5 Å². The van der Waals surface area contributed by atoms with Crippen LogP contribution in [-0.4, -0.2) is 37.4 Å². The lowest BCUT2D eigenvalue weighted by Gasteiger charge is -2.25. The molecule has 0 bridgehead atoms. The normalized spacial score (nSPS) is 16.9. The van der Waals surface area contributed by atoms with E-state index in [-0.39, 0.29) is 5.75 Å². The van der Waals surface area contributed by atoms with Crippen molar-refractivity contribution in [3.63, 3.8) is 0 Å². The fourth-order valence-corrected chi connectivity index (χ4v) is 1.60. The van der Waals surface area contributed by atoms with Gasteiger partial charge in [-0.2, -0.15) is 13.2 Å². The van der Waals surface area contributed by atoms with E-state index in [4.69, 9.17) is 5.73 Å². The number of ketones is 1. The van der Waals surface area contributed by atoms with Crippen LogP contribution >= 0.6 is 0 Å². The molecule has 8 heteroatoms. The molecule has 0 amide bonds. The van der Waals surface area contributed by atoms with Crippen LogP contribution < -0.4 is 5.73 Å². The van der Waals surface area contributed by atoms with Crippen LogP contribution in [0.1, 0.15) is 20.3 Å². The summed E-state index contributed by atoms with van der Waals surface area (Å²) in [5, 5.41) is 0. The van der Waals surface area contributed by atoms with E-state index in [0.29, 0.717) is 6.92 Å². The number of hydrogen-bond acceptors (Lipinski definition) is 4. The molecule has 0 spiro atoms. The van der Waals surface area contributed by atoms with E-state index >= 15 is 0 Å². The molecule has 0 aromatic heterocycles. The Morgan fingerprint density at radius 1 is 1.31 bits per heavy atom. The predicted molar refractivity (Wildman–Crippen MR) is 52.6 cm³/mol. The summed E-state index contributed by atoms with van der Waals surface area (Å²) in [5.41, 5.74) is 1.85. The molecule has 2 N–H and O–H groups in total. The first-order valence-electron chi connectivity index (χ1n) is 4.53. The van der Waals surface area contributed by atoms with Gasteiger partial charge >= 0.3 is 6.18 Å². The molecule has 0 saturated heterocycles. The summed E-state index contributed by atoms with van der Waals surface area (Å²) in [7, 11) is -3.46. The van der Waals surface area contributed by atoms with Gasteiger partial charge in [0.1, 0.15) is 9.84 Å². The second kappa shape index (κ2) is 4.70. The van der Waals surface area contributed by atoms with Crippen LogP contribution in [0.5, 0.6) is 0 Å². The van der Waals surface area contributed by atoms with Gasteiger partial charge in [-0.1, -0.05) is 6.92 Å². The highest BCUT2D eigenvalue weighted by Gasteiger charge is 2.53. The molecule has 96 valence electrons. The predicted octanol–water partition coefficient (Wildman–Crippen LogP) is 0.660. The lowest BCUT2D eigenvalue weighted by molar-refractivity contribution is -0.185. The minimum Gasteiger partial charge on any atom is -0.312 e. The average molecular weight is 261 g/mol. The molecule has 0 aromatic carbocycles. The van der Waals surface area contributed by atoms with Crippen molar-refractivity contribution in [2.24, 2.45) is 5.73 Å². The van der Waals surface area contributed by atoms with Gasteiger partial charge in [0.05, 0.1) is 5.75 Å². The number of sulfone groups is 1. The second-order valence-corrected chi connectivity index (χ2v) is 6.08. The monoisotopic (exact) mass is 261 g/mol. The number of carbonyl (C=O) groups is 1. The minimum absolute atomic E-state index is 0.215. The van der Waals surface area contributed by atoms with Crippen molar-refractivity contribution in [1.82, 2.24) is 0 Å². The second-order valence-electron chi connectivity index (χ2n) is 3.61. The molecule has 0 aliphatic heterocycles. The van der Waals surface area contributed by atoms with E-state index in [0.717, 1.165) is 0 Å². The lowest BCUT2D eigenvalue weighted by Crippen LogP contribution is -2.57. The summed E-state index contributed by atoms with van der Waals surface area (Å²) < 4.78 is 58.9. The zero-order chi connectivity index (χ0) is 13.2. The molecule has 4 nitrogen and oxygen atoms in total. The molecule has 0 fully saturated rings. The highest BCUT2D eigenvalue weighted by Crippen LogP contribution is 2.29. The van der Waals surface area contributed by atoms with Crippen molar-refractivity contribution in [2.45, 2.75) is 32.0 Å². The van der Waals surface area contributed by atoms with E-state index in [1.807, 2.05) is 0 Å². The molecule has 0 radical (unpaired) electrons. The zero-order valence-corrected chi connectivity index (χ0v) is 9.78. The number of hydrogen-bond donors (Lipinski definition) is 1. The highest BCUT2D eigenvalue weighted by molar-refractivity contribution is 7.91. The summed E-state index contributed by atoms with van der Waals surface area (Å²) in [6.07, 6.45) is -5.59. The number of rotatable bonds is 5. The standard InChI is InChI=1S/C8H14F3NO3S/c1-3-16(14,15)5-4-6(13)7(2,12)8(9,10)11/h3-5,12H2,1-2H3. The first-order valence-corrected chi connectivity index (χ1v) is 6.35. The molecule has 1 atom stereocenters. The minimum atomic E-state index is -4.87. The number of carbonyl (C=O) groups excluding carboxylic acids is 1. The van der Waals surface area contributed by atoms with E-state index in [1.54, 1.807) is 0 Å². The SMILES string of the molecule is CCS(=O)(=O)CCC(=O)C(C)(N)C(F)(F)F. The first-order chi connectivity index (χ1) is 6.94. The Hall–Kier alpha value is -0.630. The number of nitrogens with two attached hydrogens (primary N) is 1. The molecular weight excluding hydrogens is 247 g/mol. The van der Waals surface area contributed by atoms with Crippen molar-refractivity contribution in [3.05, 3.63) is 0 Å². The Bertz CT molecular complexity index is 359. The Kier molecular flexibility index (Phi) is 4.52. The van der Waals surface area contributed by atoms with Crippen LogP contribution in [0.15, 0.2) is 0 Å². The quantitative estimate of drug-likeness (QED) is 0.788. The van der Waals surface area contributed by atoms with E-state index in [2.05, 4.69) is 0 Å². The number of Topliss-reactive ketones (excluding diaryl/α,β-unsaturated/α-hetero) is 1. The molecule has 0 aromatic rings. The van der Waals surface area contributed by atoms with Gasteiger partial charge in [0, 0.05) is 12.2 Å². The fourth-order valence-electron chi connectivity index (χ4n) is 0.810. The Balaban J connectivity index is 4.62. The van der Waals surface area contributed by atoms with Gasteiger partial charge in [0.2, 0.25) is 0 Å². The van der Waals surface area contributed by atoms with E-state index in [1.165, 1.54) is 6.92 Å². The summed E-state index contributed by atoms with van der Waals surface area (Å²) in [4.78, 5) is 11.2. The average Bonchev–Trinajstić information content (AvgIpc) is 2.12. The largest absolute Gasteiger partial charge is 0.413 e. The van der Waals surface area contributed by atoms with Crippen molar-refractivity contribution in [3.8, 4) is 0 Å². The van der Waals surface area contributed by atoms with Crippen LogP contribution in [0.25, 0.3) is 0 Å². The fraction of sp³-hybridized carbons (Fsp3) is 0.875. The molecule has 0 heterocycles. The van der Waals surface area contributed by atoms with Gasteiger partial charge in [-0.25, -0.2) is 8.42 Å². The smallest absolute Gasteiger partial charge is 0.312 e. The van der Waals surface area contributed by atoms with Crippen molar-refractivity contribution in [2.75, 3.05) is 11.5 Å². The van der Waals surface area contributed by atoms with Crippen LogP contribution in [-0.2, 0) is 14.6 Å². The van der Waals surface area contributed by atoms with Gasteiger partial charge in [-0.05, 0) is 6.92 Å².